The van der Waals surface area contributed by atoms with Crippen LogP contribution in [0.5, 0.6) is 11.5 Å². The molecular formula is C26H25Br2N3O4S. The molecule has 2 heterocycles. The summed E-state index contributed by atoms with van der Waals surface area (Å²) in [5.41, 5.74) is 2.36. The number of benzene rings is 2. The van der Waals surface area contributed by atoms with Crippen LogP contribution >= 0.6 is 31.9 Å². The third-order valence-electron chi connectivity index (χ3n) is 6.27. The van der Waals surface area contributed by atoms with Crippen molar-refractivity contribution in [2.45, 2.75) is 43.0 Å². The Hall–Kier alpha value is -2.56. The average Bonchev–Trinajstić information content (AvgIpc) is 3.22. The van der Waals surface area contributed by atoms with Gasteiger partial charge in [-0.2, -0.15) is 8.42 Å². The molecule has 0 spiro atoms. The summed E-state index contributed by atoms with van der Waals surface area (Å²) in [6, 6.07) is 15.7. The molecule has 0 atom stereocenters. The number of hydrogen-bond acceptors (Lipinski definition) is 6. The maximum Gasteiger partial charge on any atom is 0.339 e. The van der Waals surface area contributed by atoms with Crippen molar-refractivity contribution >= 4 is 53.4 Å². The van der Waals surface area contributed by atoms with E-state index in [4.69, 9.17) is 13.9 Å². The van der Waals surface area contributed by atoms with Gasteiger partial charge in [0.25, 0.3) is 0 Å². The third kappa shape index (κ3) is 5.26. The first kappa shape index (κ1) is 25.1. The number of pyridine rings is 1. The molecule has 1 aliphatic carbocycles. The fraction of sp³-hybridized carbons (Fsp3) is 0.269. The van der Waals surface area contributed by atoms with Gasteiger partial charge in [-0.3, -0.25) is 4.40 Å². The molecule has 0 bridgehead atoms. The first-order chi connectivity index (χ1) is 17.3. The zero-order chi connectivity index (χ0) is 25.3. The summed E-state index contributed by atoms with van der Waals surface area (Å²) in [5, 5.41) is 3.72. The lowest BCUT2D eigenvalue weighted by Crippen LogP contribution is -2.23. The van der Waals surface area contributed by atoms with Crippen LogP contribution in [0.15, 0.2) is 74.6 Å². The molecule has 188 valence electrons. The second kappa shape index (κ2) is 10.4. The molecule has 1 aliphatic rings. The first-order valence-electron chi connectivity index (χ1n) is 11.7. The molecule has 0 aliphatic heterocycles. The van der Waals surface area contributed by atoms with Gasteiger partial charge in [-0.25, -0.2) is 4.98 Å². The maximum atomic E-state index is 12.8. The SMILES string of the molecule is COc1cc(-c2nc3ccc(Br)cn3c2NC2CCCCC2)ccc1OS(=O)(=O)c1ccc(Br)cc1. The minimum absolute atomic E-state index is 0.0572. The predicted molar refractivity (Wildman–Crippen MR) is 147 cm³/mol. The molecule has 2 aromatic carbocycles. The predicted octanol–water partition coefficient (Wildman–Crippen LogP) is 7.05. The molecule has 1 saturated carbocycles. The van der Waals surface area contributed by atoms with Crippen LogP contribution in [0.25, 0.3) is 16.9 Å². The highest BCUT2D eigenvalue weighted by Gasteiger charge is 2.23. The number of aromatic nitrogens is 2. The highest BCUT2D eigenvalue weighted by atomic mass is 79.9. The van der Waals surface area contributed by atoms with Crippen LogP contribution in [0.3, 0.4) is 0 Å². The van der Waals surface area contributed by atoms with Crippen molar-refractivity contribution in [2.75, 3.05) is 12.4 Å². The van der Waals surface area contributed by atoms with Gasteiger partial charge in [0.1, 0.15) is 22.1 Å². The van der Waals surface area contributed by atoms with E-state index in [0.29, 0.717) is 11.8 Å². The van der Waals surface area contributed by atoms with E-state index in [1.165, 1.54) is 38.5 Å². The quantitative estimate of drug-likeness (QED) is 0.220. The topological polar surface area (TPSA) is 81.9 Å². The van der Waals surface area contributed by atoms with E-state index in [9.17, 15) is 8.42 Å². The van der Waals surface area contributed by atoms with E-state index in [-0.39, 0.29) is 10.6 Å². The molecule has 0 saturated heterocycles. The van der Waals surface area contributed by atoms with Crippen molar-refractivity contribution in [3.05, 3.63) is 69.7 Å². The van der Waals surface area contributed by atoms with Crippen LogP contribution in [-0.4, -0.2) is 31.0 Å². The van der Waals surface area contributed by atoms with Gasteiger partial charge in [-0.05, 0) is 83.4 Å². The Balaban J connectivity index is 1.52. The monoisotopic (exact) mass is 633 g/mol. The molecule has 7 nitrogen and oxygen atoms in total. The highest BCUT2D eigenvalue weighted by Crippen LogP contribution is 2.38. The number of hydrogen-bond donors (Lipinski definition) is 1. The molecule has 10 heteroatoms. The van der Waals surface area contributed by atoms with Gasteiger partial charge in [0.05, 0.1) is 7.11 Å². The van der Waals surface area contributed by atoms with Crippen molar-refractivity contribution in [3.8, 4) is 22.8 Å². The summed E-state index contributed by atoms with van der Waals surface area (Å²) in [7, 11) is -2.54. The Bertz CT molecular complexity index is 1500. The van der Waals surface area contributed by atoms with Gasteiger partial charge >= 0.3 is 10.1 Å². The zero-order valence-electron chi connectivity index (χ0n) is 19.6. The van der Waals surface area contributed by atoms with E-state index >= 15 is 0 Å². The Labute approximate surface area is 227 Å². The highest BCUT2D eigenvalue weighted by molar-refractivity contribution is 9.10. The number of imidazole rings is 1. The van der Waals surface area contributed by atoms with Crippen LogP contribution in [-0.2, 0) is 10.1 Å². The molecule has 36 heavy (non-hydrogen) atoms. The fourth-order valence-electron chi connectivity index (χ4n) is 4.45. The lowest BCUT2D eigenvalue weighted by molar-refractivity contribution is 0.391. The van der Waals surface area contributed by atoms with Gasteiger partial charge in [-0.15, -0.1) is 0 Å². The fourth-order valence-corrected chi connectivity index (χ4v) is 5.99. The lowest BCUT2D eigenvalue weighted by atomic mass is 9.95. The molecule has 5 rings (SSSR count). The van der Waals surface area contributed by atoms with Crippen LogP contribution < -0.4 is 14.2 Å². The lowest BCUT2D eigenvalue weighted by Gasteiger charge is -2.24. The summed E-state index contributed by atoms with van der Waals surface area (Å²) in [6.07, 6.45) is 7.91. The summed E-state index contributed by atoms with van der Waals surface area (Å²) in [6.45, 7) is 0. The van der Waals surface area contributed by atoms with E-state index in [1.54, 1.807) is 30.3 Å². The minimum atomic E-state index is -4.03. The molecule has 0 radical (unpaired) electrons. The van der Waals surface area contributed by atoms with E-state index in [1.807, 2.05) is 22.7 Å². The molecule has 4 aromatic rings. The number of fused-ring (bicyclic) bond motifs is 1. The summed E-state index contributed by atoms with van der Waals surface area (Å²) in [5.74, 6) is 1.31. The largest absolute Gasteiger partial charge is 0.493 e. The molecule has 1 fully saturated rings. The van der Waals surface area contributed by atoms with Gasteiger partial charge in [0.2, 0.25) is 0 Å². The summed E-state index contributed by atoms with van der Waals surface area (Å²) in [4.78, 5) is 4.94. The van der Waals surface area contributed by atoms with Crippen LogP contribution in [0.1, 0.15) is 32.1 Å². The van der Waals surface area contributed by atoms with Crippen molar-refractivity contribution in [3.63, 3.8) is 0 Å². The maximum absolute atomic E-state index is 12.8. The van der Waals surface area contributed by atoms with Crippen LogP contribution in [0, 0.1) is 0 Å². The second-order valence-corrected chi connectivity index (χ2v) is 12.1. The standard InChI is InChI=1S/C26H25Br2N3O4S/c1-34-23-15-17(7-13-22(23)35-36(32,33)21-11-8-18(27)9-12-21)25-26(29-20-5-3-2-4-6-20)31-16-19(28)10-14-24(31)30-25/h7-16,20,29H,2-6H2,1H3. The molecule has 1 N–H and O–H groups in total. The van der Waals surface area contributed by atoms with Crippen molar-refractivity contribution in [1.29, 1.82) is 0 Å². The molecule has 2 aromatic heterocycles. The number of rotatable bonds is 7. The zero-order valence-corrected chi connectivity index (χ0v) is 23.6. The molecule has 0 amide bonds. The van der Waals surface area contributed by atoms with E-state index in [2.05, 4.69) is 37.2 Å². The first-order valence-corrected chi connectivity index (χ1v) is 14.7. The van der Waals surface area contributed by atoms with Gasteiger partial charge in [0, 0.05) is 26.7 Å². The van der Waals surface area contributed by atoms with E-state index in [0.717, 1.165) is 44.5 Å². The van der Waals surface area contributed by atoms with Crippen LogP contribution in [0.4, 0.5) is 5.82 Å². The van der Waals surface area contributed by atoms with Gasteiger partial charge in [-0.1, -0.05) is 35.2 Å². The van der Waals surface area contributed by atoms with Crippen molar-refractivity contribution in [1.82, 2.24) is 9.38 Å². The Kier molecular flexibility index (Phi) is 7.28. The Morgan fingerprint density at radius 2 is 1.67 bits per heavy atom. The minimum Gasteiger partial charge on any atom is -0.493 e. The number of nitrogens with one attached hydrogen (secondary N) is 1. The molecule has 0 unspecified atom stereocenters. The Morgan fingerprint density at radius 1 is 0.944 bits per heavy atom. The average molecular weight is 635 g/mol. The van der Waals surface area contributed by atoms with Crippen molar-refractivity contribution < 1.29 is 17.3 Å². The smallest absolute Gasteiger partial charge is 0.339 e. The Morgan fingerprint density at radius 3 is 2.39 bits per heavy atom. The van der Waals surface area contributed by atoms with Gasteiger partial charge < -0.3 is 14.2 Å². The second-order valence-electron chi connectivity index (χ2n) is 8.72. The van der Waals surface area contributed by atoms with Crippen LogP contribution in [0.2, 0.25) is 0 Å². The van der Waals surface area contributed by atoms with Gasteiger partial charge in [0.15, 0.2) is 11.5 Å². The number of halogens is 2. The number of nitrogens with zero attached hydrogens (tertiary/aromatic N) is 2. The number of methoxy groups -OCH3 is 1. The number of anilines is 1. The normalized spacial score (nSPS) is 14.6. The summed E-state index contributed by atoms with van der Waals surface area (Å²) >= 11 is 6.88. The third-order valence-corrected chi connectivity index (χ3v) is 8.51. The van der Waals surface area contributed by atoms with E-state index < -0.39 is 10.1 Å². The summed E-state index contributed by atoms with van der Waals surface area (Å²) < 4.78 is 40.4. The number of ether oxygens (including phenoxy) is 1. The van der Waals surface area contributed by atoms with Crippen molar-refractivity contribution in [2.24, 2.45) is 0 Å². The molecular weight excluding hydrogens is 610 g/mol.